The Morgan fingerprint density at radius 2 is 1.79 bits per heavy atom. The third-order valence-corrected chi connectivity index (χ3v) is 5.23. The maximum absolute atomic E-state index is 11.3. The van der Waals surface area contributed by atoms with E-state index in [1.807, 2.05) is 30.5 Å². The number of aryl methyl sites for hydroxylation is 1. The van der Waals surface area contributed by atoms with Crippen LogP contribution in [0.15, 0.2) is 54.7 Å². The van der Waals surface area contributed by atoms with Gasteiger partial charge in [-0.3, -0.25) is 4.79 Å². The van der Waals surface area contributed by atoms with Crippen LogP contribution in [0, 0.1) is 6.92 Å². The minimum atomic E-state index is -0.779. The molecular weight excluding hydrogens is 350 g/mol. The largest absolute Gasteiger partial charge is 0.481 e. The number of para-hydroxylation sites is 1. The predicted molar refractivity (Wildman–Crippen MR) is 114 cm³/mol. The number of aromatic nitrogens is 1. The summed E-state index contributed by atoms with van der Waals surface area (Å²) in [6.07, 6.45) is 2.77. The van der Waals surface area contributed by atoms with Crippen LogP contribution >= 0.6 is 0 Å². The van der Waals surface area contributed by atoms with E-state index in [9.17, 15) is 9.90 Å². The number of nitrogens with one attached hydrogen (secondary N) is 3. The lowest BCUT2D eigenvalue weighted by atomic mass is 10.0. The lowest BCUT2D eigenvalue weighted by Crippen LogP contribution is -2.38. The fourth-order valence-corrected chi connectivity index (χ4v) is 3.74. The van der Waals surface area contributed by atoms with E-state index in [1.54, 1.807) is 0 Å². The Bertz CT molecular complexity index is 919. The molecule has 0 aliphatic rings. The van der Waals surface area contributed by atoms with Crippen molar-refractivity contribution in [2.75, 3.05) is 13.1 Å². The topological polar surface area (TPSA) is 77.2 Å². The Morgan fingerprint density at radius 1 is 1.07 bits per heavy atom. The average Bonchev–Trinajstić information content (AvgIpc) is 3.08. The van der Waals surface area contributed by atoms with E-state index in [1.165, 1.54) is 11.1 Å². The molecule has 28 heavy (non-hydrogen) atoms. The number of rotatable bonds is 10. The van der Waals surface area contributed by atoms with Gasteiger partial charge in [0.2, 0.25) is 0 Å². The molecule has 0 amide bonds. The fourth-order valence-electron chi connectivity index (χ4n) is 3.74. The van der Waals surface area contributed by atoms with E-state index in [2.05, 4.69) is 53.7 Å². The summed E-state index contributed by atoms with van der Waals surface area (Å²) >= 11 is 0. The molecule has 0 fully saturated rings. The zero-order valence-corrected chi connectivity index (χ0v) is 16.5. The minimum Gasteiger partial charge on any atom is -0.481 e. The number of carboxylic acids is 1. The molecule has 1 aromatic heterocycles. The molecule has 5 heteroatoms. The van der Waals surface area contributed by atoms with E-state index in [4.69, 9.17) is 0 Å². The van der Waals surface area contributed by atoms with Gasteiger partial charge in [0.1, 0.15) is 0 Å². The Hall–Kier alpha value is -2.63. The van der Waals surface area contributed by atoms with Gasteiger partial charge in [0.25, 0.3) is 0 Å². The number of aromatic amines is 1. The van der Waals surface area contributed by atoms with Crippen molar-refractivity contribution >= 4 is 16.9 Å². The summed E-state index contributed by atoms with van der Waals surface area (Å²) in [6, 6.07) is 16.6. The summed E-state index contributed by atoms with van der Waals surface area (Å²) in [4.78, 5) is 14.6. The smallest absolute Gasteiger partial charge is 0.304 e. The maximum atomic E-state index is 11.3. The molecule has 0 saturated carbocycles. The van der Waals surface area contributed by atoms with Crippen molar-refractivity contribution in [1.82, 2.24) is 15.6 Å². The van der Waals surface area contributed by atoms with Crippen LogP contribution in [0.5, 0.6) is 0 Å². The normalized spacial score (nSPS) is 13.5. The van der Waals surface area contributed by atoms with Crippen molar-refractivity contribution in [2.45, 2.75) is 38.8 Å². The molecule has 1 heterocycles. The van der Waals surface area contributed by atoms with Crippen LogP contribution in [0.25, 0.3) is 10.9 Å². The number of benzene rings is 2. The van der Waals surface area contributed by atoms with Crippen molar-refractivity contribution < 1.29 is 9.90 Å². The van der Waals surface area contributed by atoms with Crippen molar-refractivity contribution in [3.8, 4) is 0 Å². The molecule has 1 unspecified atom stereocenters. The molecule has 0 saturated heterocycles. The van der Waals surface area contributed by atoms with Gasteiger partial charge in [-0.15, -0.1) is 0 Å². The first-order chi connectivity index (χ1) is 13.5. The van der Waals surface area contributed by atoms with E-state index in [0.717, 1.165) is 29.6 Å². The van der Waals surface area contributed by atoms with Crippen LogP contribution in [0.3, 0.4) is 0 Å². The number of carbonyl (C=O) groups is 1. The highest BCUT2D eigenvalue weighted by Gasteiger charge is 2.16. The third kappa shape index (κ3) is 5.21. The van der Waals surface area contributed by atoms with Gasteiger partial charge in [0.15, 0.2) is 0 Å². The highest BCUT2D eigenvalue weighted by molar-refractivity contribution is 5.83. The van der Waals surface area contributed by atoms with E-state index in [0.29, 0.717) is 6.42 Å². The Balaban J connectivity index is 1.54. The first-order valence-electron chi connectivity index (χ1n) is 9.83. The summed E-state index contributed by atoms with van der Waals surface area (Å²) in [7, 11) is 0. The van der Waals surface area contributed by atoms with Gasteiger partial charge in [-0.25, -0.2) is 0 Å². The van der Waals surface area contributed by atoms with Crippen LogP contribution in [0.2, 0.25) is 0 Å². The monoisotopic (exact) mass is 379 g/mol. The van der Waals surface area contributed by atoms with Gasteiger partial charge in [0, 0.05) is 42.3 Å². The lowest BCUT2D eigenvalue weighted by molar-refractivity contribution is -0.137. The number of fused-ring (bicyclic) bond motifs is 1. The summed E-state index contributed by atoms with van der Waals surface area (Å²) in [5, 5.41) is 17.4. The van der Waals surface area contributed by atoms with Gasteiger partial charge >= 0.3 is 5.97 Å². The highest BCUT2D eigenvalue weighted by Crippen LogP contribution is 2.20. The summed E-state index contributed by atoms with van der Waals surface area (Å²) < 4.78 is 0. The molecule has 0 radical (unpaired) electrons. The fraction of sp³-hybridized carbons (Fsp3) is 0.348. The summed E-state index contributed by atoms with van der Waals surface area (Å²) in [5.41, 5.74) is 4.80. The highest BCUT2D eigenvalue weighted by atomic mass is 16.4. The predicted octanol–water partition coefficient (Wildman–Crippen LogP) is 3.80. The molecule has 0 bridgehead atoms. The number of hydrogen-bond acceptors (Lipinski definition) is 3. The van der Waals surface area contributed by atoms with Gasteiger partial charge in [-0.05, 0) is 43.0 Å². The molecule has 148 valence electrons. The second-order valence-electron chi connectivity index (χ2n) is 7.34. The Morgan fingerprint density at radius 3 is 2.57 bits per heavy atom. The number of aliphatic carboxylic acids is 1. The molecule has 3 rings (SSSR count). The quantitative estimate of drug-likeness (QED) is 0.404. The summed E-state index contributed by atoms with van der Waals surface area (Å²) in [6.45, 7) is 5.77. The van der Waals surface area contributed by atoms with Crippen LogP contribution in [-0.4, -0.2) is 35.2 Å². The Labute approximate surface area is 166 Å². The van der Waals surface area contributed by atoms with E-state index in [-0.39, 0.29) is 18.5 Å². The lowest BCUT2D eigenvalue weighted by Gasteiger charge is -2.20. The van der Waals surface area contributed by atoms with Gasteiger partial charge < -0.3 is 20.7 Å². The van der Waals surface area contributed by atoms with E-state index >= 15 is 0 Å². The molecule has 2 atom stereocenters. The SMILES string of the molecule is Cc1ccccc1C(C)NCCN[C@@H](CC(=O)O)Cc1c[nH]c2ccccc12. The number of hydrogen-bond donors (Lipinski definition) is 4. The van der Waals surface area contributed by atoms with Crippen molar-refractivity contribution in [1.29, 1.82) is 0 Å². The second-order valence-corrected chi connectivity index (χ2v) is 7.34. The van der Waals surface area contributed by atoms with Crippen LogP contribution < -0.4 is 10.6 Å². The van der Waals surface area contributed by atoms with Crippen LogP contribution in [0.1, 0.15) is 36.1 Å². The maximum Gasteiger partial charge on any atom is 0.304 e. The molecule has 0 aliphatic carbocycles. The van der Waals surface area contributed by atoms with Crippen LogP contribution in [-0.2, 0) is 11.2 Å². The number of H-pyrrole nitrogens is 1. The molecular formula is C23H29N3O2. The molecule has 5 nitrogen and oxygen atoms in total. The molecule has 0 spiro atoms. The van der Waals surface area contributed by atoms with Crippen LogP contribution in [0.4, 0.5) is 0 Å². The first-order valence-corrected chi connectivity index (χ1v) is 9.83. The third-order valence-electron chi connectivity index (χ3n) is 5.23. The Kier molecular flexibility index (Phi) is 6.85. The second kappa shape index (κ2) is 9.53. The molecule has 2 aromatic carbocycles. The van der Waals surface area contributed by atoms with E-state index < -0.39 is 5.97 Å². The minimum absolute atomic E-state index is 0.104. The van der Waals surface area contributed by atoms with Crippen molar-refractivity contribution in [3.63, 3.8) is 0 Å². The van der Waals surface area contributed by atoms with Crippen molar-refractivity contribution in [3.05, 3.63) is 71.4 Å². The van der Waals surface area contributed by atoms with Gasteiger partial charge in [-0.1, -0.05) is 42.5 Å². The zero-order valence-electron chi connectivity index (χ0n) is 16.5. The zero-order chi connectivity index (χ0) is 19.9. The van der Waals surface area contributed by atoms with Gasteiger partial charge in [0.05, 0.1) is 6.42 Å². The standard InChI is InChI=1S/C23H29N3O2/c1-16-7-3-4-8-20(16)17(2)24-11-12-25-19(14-23(27)28)13-18-15-26-22-10-6-5-9-21(18)22/h3-10,15,17,19,24-26H,11-14H2,1-2H3,(H,27,28)/t17?,19-/m1/s1. The van der Waals surface area contributed by atoms with Gasteiger partial charge in [-0.2, -0.15) is 0 Å². The first kappa shape index (κ1) is 20.1. The average molecular weight is 380 g/mol. The summed E-state index contributed by atoms with van der Waals surface area (Å²) in [5.74, 6) is -0.779. The molecule has 4 N–H and O–H groups in total. The number of carboxylic acid groups (broad SMARTS) is 1. The van der Waals surface area contributed by atoms with Crippen molar-refractivity contribution in [2.24, 2.45) is 0 Å². The molecule has 3 aromatic rings. The molecule has 0 aliphatic heterocycles.